The number of fused-ring (bicyclic) bond motifs is 2. The number of carbonyl (C=O) groups excluding carboxylic acids is 3. The molecule has 10 rings (SSSR count). The number of piperidine rings is 3. The molecule has 3 amide bonds. The summed E-state index contributed by atoms with van der Waals surface area (Å²) in [6.45, 7) is 5.10. The molecule has 1 atom stereocenters. The topological polar surface area (TPSA) is 168 Å². The summed E-state index contributed by atoms with van der Waals surface area (Å²) >= 11 is 0. The van der Waals surface area contributed by atoms with Gasteiger partial charge in [-0.15, -0.1) is 0 Å². The smallest absolute Gasteiger partial charge is 0.255 e. The molecular weight excluding hydrogens is 734 g/mol. The summed E-state index contributed by atoms with van der Waals surface area (Å²) in [5.41, 5.74) is 3.28. The molecule has 1 aromatic carbocycles. The van der Waals surface area contributed by atoms with Gasteiger partial charge < -0.3 is 28.9 Å². The number of pyridine rings is 1. The van der Waals surface area contributed by atoms with Gasteiger partial charge in [0.05, 0.1) is 54.1 Å². The third-order valence-corrected chi connectivity index (χ3v) is 12.6. The molecule has 15 nitrogen and oxygen atoms in total. The molecular formula is C41H46FN9O6. The maximum absolute atomic E-state index is 15.9. The van der Waals surface area contributed by atoms with E-state index in [9.17, 15) is 14.4 Å². The molecule has 6 aliphatic rings. The second kappa shape index (κ2) is 14.3. The van der Waals surface area contributed by atoms with E-state index in [0.717, 1.165) is 92.6 Å². The highest BCUT2D eigenvalue weighted by Crippen LogP contribution is 2.40. The standard InChI is InChI=1S/C41H46FN9O6/c1-41(10-11-41)57-36-18-28-31(20-43-36)47-48-38(28)30-19-34(45-22-44-30)50-14-8-24(9-15-50)56-26-16-25(17-26)55-23-6-12-49(13-7-23)32-3-2-27-29(37(32)42)21-51(40(27)54)33-4-5-35(52)46-39(33)53/h2-3,18-20,22-26,33H,4-17,21H2,1H3,(H,47,48)(H,46,52,53)/t25-,26+,33?. The number of nitrogens with zero attached hydrogens (tertiary/aromatic N) is 7. The fourth-order valence-corrected chi connectivity index (χ4v) is 8.90. The van der Waals surface area contributed by atoms with Crippen LogP contribution < -0.4 is 19.9 Å². The van der Waals surface area contributed by atoms with Crippen molar-refractivity contribution in [3.05, 3.63) is 53.7 Å². The molecule has 2 aliphatic carbocycles. The summed E-state index contributed by atoms with van der Waals surface area (Å²) in [6, 6.07) is 6.51. The SMILES string of the molecule is CC1(Oc2cc3c(-c4cc(N5CCC(O[C@H]6C[C@@H](OC7CCN(c8ccc9c(c8F)CN(C8CCC(=O)NC8=O)C9=O)CC7)C6)CC5)ncn4)n[nH]c3cn2)CC1. The second-order valence-corrected chi connectivity index (χ2v) is 16.6. The number of H-pyrrole nitrogens is 1. The Labute approximate surface area is 328 Å². The number of nitrogens with one attached hydrogen (secondary N) is 2. The van der Waals surface area contributed by atoms with Gasteiger partial charge in [-0.2, -0.15) is 5.10 Å². The Morgan fingerprint density at radius 3 is 2.28 bits per heavy atom. The fourth-order valence-electron chi connectivity index (χ4n) is 8.90. The Balaban J connectivity index is 0.671. The van der Waals surface area contributed by atoms with Crippen LogP contribution in [0.1, 0.15) is 87.1 Å². The van der Waals surface area contributed by atoms with Crippen LogP contribution >= 0.6 is 0 Å². The number of anilines is 2. The highest BCUT2D eigenvalue weighted by Gasteiger charge is 2.42. The Bertz CT molecular complexity index is 2220. The van der Waals surface area contributed by atoms with Crippen LogP contribution in [0.4, 0.5) is 15.9 Å². The fraction of sp³-hybridized carbons (Fsp3) is 0.537. The zero-order valence-electron chi connectivity index (χ0n) is 31.9. The lowest BCUT2D eigenvalue weighted by atomic mass is 9.90. The van der Waals surface area contributed by atoms with Crippen LogP contribution in [0, 0.1) is 5.82 Å². The molecule has 0 radical (unpaired) electrons. The average Bonchev–Trinajstić information content (AvgIpc) is 3.61. The van der Waals surface area contributed by atoms with Crippen LogP contribution in [0.3, 0.4) is 0 Å². The quantitative estimate of drug-likeness (QED) is 0.218. The van der Waals surface area contributed by atoms with Crippen molar-refractivity contribution in [2.45, 2.75) is 114 Å². The van der Waals surface area contributed by atoms with Gasteiger partial charge in [0.15, 0.2) is 5.82 Å². The number of benzene rings is 1. The van der Waals surface area contributed by atoms with Crippen molar-refractivity contribution in [3.63, 3.8) is 0 Å². The van der Waals surface area contributed by atoms with Crippen molar-refractivity contribution in [3.8, 4) is 17.3 Å². The monoisotopic (exact) mass is 779 g/mol. The zero-order chi connectivity index (χ0) is 38.8. The summed E-state index contributed by atoms with van der Waals surface area (Å²) in [5, 5.41) is 10.8. The van der Waals surface area contributed by atoms with Gasteiger partial charge in [-0.1, -0.05) is 0 Å². The number of amides is 3. The second-order valence-electron chi connectivity index (χ2n) is 16.6. The first-order valence-corrected chi connectivity index (χ1v) is 20.3. The molecule has 0 bridgehead atoms. The summed E-state index contributed by atoms with van der Waals surface area (Å²) < 4.78 is 35.0. The predicted molar refractivity (Wildman–Crippen MR) is 205 cm³/mol. The Morgan fingerprint density at radius 1 is 0.860 bits per heavy atom. The van der Waals surface area contributed by atoms with Gasteiger partial charge in [0, 0.05) is 61.2 Å². The summed E-state index contributed by atoms with van der Waals surface area (Å²) in [7, 11) is 0. The number of hydrogen-bond acceptors (Lipinski definition) is 12. The predicted octanol–water partition coefficient (Wildman–Crippen LogP) is 4.45. The number of rotatable bonds is 10. The number of imide groups is 1. The molecule has 4 aromatic rings. The molecule has 16 heteroatoms. The molecule has 7 heterocycles. The minimum atomic E-state index is -0.771. The lowest BCUT2D eigenvalue weighted by molar-refractivity contribution is -0.149. The first kappa shape index (κ1) is 36.1. The maximum Gasteiger partial charge on any atom is 0.255 e. The normalized spacial score (nSPS) is 25.1. The molecule has 0 spiro atoms. The van der Waals surface area contributed by atoms with E-state index in [1.54, 1.807) is 24.7 Å². The molecule has 3 saturated heterocycles. The molecule has 57 heavy (non-hydrogen) atoms. The molecule has 2 N–H and O–H groups in total. The van der Waals surface area contributed by atoms with Crippen molar-refractivity contribution in [1.29, 1.82) is 0 Å². The van der Waals surface area contributed by atoms with Crippen LogP contribution in [-0.4, -0.2) is 110 Å². The van der Waals surface area contributed by atoms with E-state index in [2.05, 4.69) is 42.3 Å². The van der Waals surface area contributed by atoms with Gasteiger partial charge in [0.1, 0.15) is 29.5 Å². The number of aromatic amines is 1. The van der Waals surface area contributed by atoms with Crippen LogP contribution in [0.2, 0.25) is 0 Å². The van der Waals surface area contributed by atoms with E-state index in [1.165, 1.54) is 4.90 Å². The molecule has 3 aromatic heterocycles. The summed E-state index contributed by atoms with van der Waals surface area (Å²) in [4.78, 5) is 56.4. The molecule has 298 valence electrons. The van der Waals surface area contributed by atoms with E-state index >= 15 is 4.39 Å². The van der Waals surface area contributed by atoms with E-state index in [4.69, 9.17) is 14.2 Å². The van der Waals surface area contributed by atoms with Crippen molar-refractivity contribution < 1.29 is 33.0 Å². The Kier molecular flexibility index (Phi) is 9.07. The van der Waals surface area contributed by atoms with Crippen molar-refractivity contribution in [2.24, 2.45) is 0 Å². The molecule has 4 aliphatic heterocycles. The van der Waals surface area contributed by atoms with Crippen LogP contribution in [0.25, 0.3) is 22.3 Å². The van der Waals surface area contributed by atoms with Crippen LogP contribution in [0.5, 0.6) is 5.88 Å². The van der Waals surface area contributed by atoms with E-state index in [-0.39, 0.29) is 66.8 Å². The number of hydrogen-bond donors (Lipinski definition) is 2. The zero-order valence-corrected chi connectivity index (χ0v) is 31.9. The third kappa shape index (κ3) is 7.06. The van der Waals surface area contributed by atoms with Crippen molar-refractivity contribution >= 4 is 40.1 Å². The van der Waals surface area contributed by atoms with Crippen LogP contribution in [0.15, 0.2) is 36.8 Å². The van der Waals surface area contributed by atoms with Crippen molar-refractivity contribution in [2.75, 3.05) is 36.0 Å². The number of carbonyl (C=O) groups is 3. The van der Waals surface area contributed by atoms with Crippen molar-refractivity contribution in [1.82, 2.24) is 35.4 Å². The summed E-state index contributed by atoms with van der Waals surface area (Å²) in [6.07, 6.45) is 11.7. The minimum absolute atomic E-state index is 0.0202. The lowest BCUT2D eigenvalue weighted by Gasteiger charge is -2.42. The van der Waals surface area contributed by atoms with Crippen LogP contribution in [-0.2, 0) is 25.6 Å². The summed E-state index contributed by atoms with van der Waals surface area (Å²) in [5.74, 6) is -0.164. The average molecular weight is 780 g/mol. The van der Waals surface area contributed by atoms with Gasteiger partial charge in [-0.05, 0) is 76.8 Å². The highest BCUT2D eigenvalue weighted by molar-refractivity contribution is 6.05. The highest BCUT2D eigenvalue weighted by atomic mass is 19.1. The minimum Gasteiger partial charge on any atom is -0.471 e. The largest absolute Gasteiger partial charge is 0.471 e. The maximum atomic E-state index is 15.9. The van der Waals surface area contributed by atoms with Gasteiger partial charge >= 0.3 is 0 Å². The van der Waals surface area contributed by atoms with E-state index < -0.39 is 17.8 Å². The Morgan fingerprint density at radius 2 is 1.58 bits per heavy atom. The number of ether oxygens (including phenoxy) is 3. The van der Waals surface area contributed by atoms with E-state index in [0.29, 0.717) is 30.2 Å². The first-order valence-electron chi connectivity index (χ1n) is 20.3. The third-order valence-electron chi connectivity index (χ3n) is 12.6. The Hall–Kier alpha value is -5.22. The number of aromatic nitrogens is 5. The van der Waals surface area contributed by atoms with Gasteiger partial charge in [-0.3, -0.25) is 24.8 Å². The molecule has 5 fully saturated rings. The van der Waals surface area contributed by atoms with E-state index in [1.807, 2.05) is 17.0 Å². The van der Waals surface area contributed by atoms with Gasteiger partial charge in [-0.25, -0.2) is 19.3 Å². The number of halogens is 1. The molecule has 2 saturated carbocycles. The molecule has 1 unspecified atom stereocenters. The lowest BCUT2D eigenvalue weighted by Crippen LogP contribution is -2.52. The first-order chi connectivity index (χ1) is 27.7. The van der Waals surface area contributed by atoms with Gasteiger partial charge in [0.25, 0.3) is 5.91 Å². The van der Waals surface area contributed by atoms with Gasteiger partial charge in [0.2, 0.25) is 17.7 Å².